The van der Waals surface area contributed by atoms with Crippen LogP contribution in [-0.4, -0.2) is 35.6 Å². The highest BCUT2D eigenvalue weighted by molar-refractivity contribution is 5.04. The van der Waals surface area contributed by atoms with Crippen LogP contribution in [0.2, 0.25) is 0 Å². The monoisotopic (exact) mass is 210 g/mol. The smallest absolute Gasteiger partial charge is 0.0224 e. The zero-order valence-electron chi connectivity index (χ0n) is 10.6. The largest absolute Gasteiger partial charge is 0.311 e. The number of rotatable bonds is 4. The van der Waals surface area contributed by atoms with Gasteiger partial charge in [-0.15, -0.1) is 0 Å². The van der Waals surface area contributed by atoms with Gasteiger partial charge in [0.2, 0.25) is 0 Å². The fourth-order valence-corrected chi connectivity index (χ4v) is 2.90. The van der Waals surface area contributed by atoms with Crippen LogP contribution in [0.25, 0.3) is 0 Å². The normalized spacial score (nSPS) is 35.4. The van der Waals surface area contributed by atoms with Crippen molar-refractivity contribution >= 4 is 0 Å². The molecular weight excluding hydrogens is 184 g/mol. The van der Waals surface area contributed by atoms with E-state index >= 15 is 0 Å². The summed E-state index contributed by atoms with van der Waals surface area (Å²) in [6, 6.07) is 1.53. The average Bonchev–Trinajstić information content (AvgIpc) is 2.98. The van der Waals surface area contributed by atoms with Crippen molar-refractivity contribution < 1.29 is 0 Å². The van der Waals surface area contributed by atoms with Crippen LogP contribution in [0.1, 0.15) is 52.9 Å². The maximum Gasteiger partial charge on any atom is 0.0224 e. The van der Waals surface area contributed by atoms with Crippen molar-refractivity contribution in [2.24, 2.45) is 0 Å². The van der Waals surface area contributed by atoms with Crippen LogP contribution < -0.4 is 5.32 Å². The fraction of sp³-hybridized carbons (Fsp3) is 1.00. The Morgan fingerprint density at radius 1 is 1.33 bits per heavy atom. The van der Waals surface area contributed by atoms with Gasteiger partial charge in [-0.25, -0.2) is 0 Å². The zero-order chi connectivity index (χ0) is 10.9. The maximum absolute atomic E-state index is 3.71. The first-order valence-electron chi connectivity index (χ1n) is 6.69. The molecule has 0 amide bonds. The van der Waals surface area contributed by atoms with E-state index in [0.29, 0.717) is 5.54 Å². The third-order valence-corrected chi connectivity index (χ3v) is 4.28. The molecule has 2 nitrogen and oxygen atoms in total. The number of piperazine rings is 1. The average molecular weight is 210 g/mol. The van der Waals surface area contributed by atoms with Gasteiger partial charge in [-0.2, -0.15) is 0 Å². The molecule has 1 aliphatic carbocycles. The summed E-state index contributed by atoms with van der Waals surface area (Å²) >= 11 is 0. The molecule has 0 spiro atoms. The van der Waals surface area contributed by atoms with E-state index in [0.717, 1.165) is 12.1 Å². The van der Waals surface area contributed by atoms with Gasteiger partial charge in [-0.1, -0.05) is 20.3 Å². The number of nitrogens with zero attached hydrogens (tertiary/aromatic N) is 1. The summed E-state index contributed by atoms with van der Waals surface area (Å²) in [4.78, 5) is 2.80. The van der Waals surface area contributed by atoms with Crippen molar-refractivity contribution in [3.63, 3.8) is 0 Å². The van der Waals surface area contributed by atoms with Crippen LogP contribution in [0.4, 0.5) is 0 Å². The molecule has 2 fully saturated rings. The predicted molar refractivity (Wildman–Crippen MR) is 65.1 cm³/mol. The summed E-state index contributed by atoms with van der Waals surface area (Å²) < 4.78 is 0. The third-order valence-electron chi connectivity index (χ3n) is 4.28. The van der Waals surface area contributed by atoms with Crippen LogP contribution in [0.3, 0.4) is 0 Å². The second-order valence-electron chi connectivity index (χ2n) is 5.61. The number of nitrogens with one attached hydrogen (secondary N) is 1. The van der Waals surface area contributed by atoms with Crippen LogP contribution in [0.15, 0.2) is 0 Å². The minimum absolute atomic E-state index is 0.564. The molecule has 0 aromatic heterocycles. The summed E-state index contributed by atoms with van der Waals surface area (Å²) in [7, 11) is 0. The molecule has 1 aliphatic heterocycles. The van der Waals surface area contributed by atoms with Gasteiger partial charge in [-0.3, -0.25) is 4.90 Å². The SMILES string of the molecule is CCCC1CN(C2(C)CC2)C(CC)CN1. The van der Waals surface area contributed by atoms with Gasteiger partial charge in [0.15, 0.2) is 0 Å². The Morgan fingerprint density at radius 3 is 2.60 bits per heavy atom. The molecule has 2 unspecified atom stereocenters. The Balaban J connectivity index is 1.96. The fourth-order valence-electron chi connectivity index (χ4n) is 2.90. The summed E-state index contributed by atoms with van der Waals surface area (Å²) in [5.41, 5.74) is 0.564. The topological polar surface area (TPSA) is 15.3 Å². The third kappa shape index (κ3) is 2.36. The Labute approximate surface area is 94.4 Å². The van der Waals surface area contributed by atoms with E-state index in [1.54, 1.807) is 0 Å². The molecule has 0 bridgehead atoms. The van der Waals surface area contributed by atoms with Crippen molar-refractivity contribution in [2.45, 2.75) is 70.5 Å². The summed E-state index contributed by atoms with van der Waals surface area (Å²) in [5.74, 6) is 0. The van der Waals surface area contributed by atoms with Gasteiger partial charge in [0, 0.05) is 30.7 Å². The molecule has 0 radical (unpaired) electrons. The lowest BCUT2D eigenvalue weighted by Crippen LogP contribution is -2.59. The molecule has 0 aromatic carbocycles. The molecule has 1 heterocycles. The summed E-state index contributed by atoms with van der Waals surface area (Å²) in [5, 5.41) is 3.71. The van der Waals surface area contributed by atoms with Crippen LogP contribution in [0, 0.1) is 0 Å². The highest BCUT2D eigenvalue weighted by Crippen LogP contribution is 2.43. The Hall–Kier alpha value is -0.0800. The Morgan fingerprint density at radius 2 is 2.07 bits per heavy atom. The lowest BCUT2D eigenvalue weighted by atomic mass is 10.0. The second kappa shape index (κ2) is 4.42. The van der Waals surface area contributed by atoms with E-state index in [-0.39, 0.29) is 0 Å². The van der Waals surface area contributed by atoms with E-state index < -0.39 is 0 Å². The minimum Gasteiger partial charge on any atom is -0.311 e. The molecular formula is C13H26N2. The molecule has 0 aromatic rings. The van der Waals surface area contributed by atoms with Crippen molar-refractivity contribution in [3.8, 4) is 0 Å². The highest BCUT2D eigenvalue weighted by Gasteiger charge is 2.47. The number of hydrogen-bond donors (Lipinski definition) is 1. The Bertz CT molecular complexity index is 211. The lowest BCUT2D eigenvalue weighted by Gasteiger charge is -2.44. The first-order chi connectivity index (χ1) is 7.19. The molecule has 2 rings (SSSR count). The van der Waals surface area contributed by atoms with E-state index in [2.05, 4.69) is 31.0 Å². The van der Waals surface area contributed by atoms with E-state index in [9.17, 15) is 0 Å². The summed E-state index contributed by atoms with van der Waals surface area (Å²) in [6.45, 7) is 9.55. The van der Waals surface area contributed by atoms with Gasteiger partial charge < -0.3 is 5.32 Å². The van der Waals surface area contributed by atoms with Crippen LogP contribution in [-0.2, 0) is 0 Å². The first-order valence-corrected chi connectivity index (χ1v) is 6.69. The van der Waals surface area contributed by atoms with Gasteiger partial charge >= 0.3 is 0 Å². The van der Waals surface area contributed by atoms with Crippen molar-refractivity contribution in [1.82, 2.24) is 10.2 Å². The second-order valence-corrected chi connectivity index (χ2v) is 5.61. The molecule has 2 aliphatic rings. The molecule has 88 valence electrons. The molecule has 1 saturated heterocycles. The van der Waals surface area contributed by atoms with Gasteiger partial charge in [-0.05, 0) is 32.6 Å². The van der Waals surface area contributed by atoms with Crippen molar-refractivity contribution in [3.05, 3.63) is 0 Å². The van der Waals surface area contributed by atoms with Gasteiger partial charge in [0.25, 0.3) is 0 Å². The van der Waals surface area contributed by atoms with Gasteiger partial charge in [0.05, 0.1) is 0 Å². The lowest BCUT2D eigenvalue weighted by molar-refractivity contribution is 0.0714. The zero-order valence-corrected chi connectivity index (χ0v) is 10.6. The quantitative estimate of drug-likeness (QED) is 0.766. The molecule has 1 saturated carbocycles. The first kappa shape index (κ1) is 11.4. The molecule has 15 heavy (non-hydrogen) atoms. The van der Waals surface area contributed by atoms with E-state index in [4.69, 9.17) is 0 Å². The maximum atomic E-state index is 3.71. The highest BCUT2D eigenvalue weighted by atomic mass is 15.3. The van der Waals surface area contributed by atoms with Crippen LogP contribution >= 0.6 is 0 Å². The van der Waals surface area contributed by atoms with Crippen LogP contribution in [0.5, 0.6) is 0 Å². The summed E-state index contributed by atoms with van der Waals surface area (Å²) in [6.07, 6.45) is 6.77. The van der Waals surface area contributed by atoms with E-state index in [1.807, 2.05) is 0 Å². The minimum atomic E-state index is 0.564. The van der Waals surface area contributed by atoms with Crippen molar-refractivity contribution in [1.29, 1.82) is 0 Å². The van der Waals surface area contributed by atoms with E-state index in [1.165, 1.54) is 45.2 Å². The number of hydrogen-bond acceptors (Lipinski definition) is 2. The van der Waals surface area contributed by atoms with Gasteiger partial charge in [0.1, 0.15) is 0 Å². The molecule has 1 N–H and O–H groups in total. The molecule has 2 atom stereocenters. The molecule has 2 heteroatoms. The predicted octanol–water partition coefficient (Wildman–Crippen LogP) is 2.39. The Kier molecular flexibility index (Phi) is 3.36. The van der Waals surface area contributed by atoms with Crippen molar-refractivity contribution in [2.75, 3.05) is 13.1 Å². The standard InChI is InChI=1S/C13H26N2/c1-4-6-11-10-15(13(3)7-8-13)12(5-2)9-14-11/h11-12,14H,4-10H2,1-3H3.